The van der Waals surface area contributed by atoms with Gasteiger partial charge >= 0.3 is 6.18 Å². The highest BCUT2D eigenvalue weighted by Crippen LogP contribution is 2.28. The first-order valence-electron chi connectivity index (χ1n) is 8.44. The zero-order valence-electron chi connectivity index (χ0n) is 13.4. The lowest BCUT2D eigenvalue weighted by molar-refractivity contribution is -0.202. The van der Waals surface area contributed by atoms with E-state index in [2.05, 4.69) is 10.4 Å². The fraction of sp³-hybridized carbons (Fsp3) is 0.750. The van der Waals surface area contributed by atoms with E-state index in [4.69, 9.17) is 5.11 Å². The van der Waals surface area contributed by atoms with E-state index in [-0.39, 0.29) is 17.6 Å². The van der Waals surface area contributed by atoms with Gasteiger partial charge in [-0.2, -0.15) is 18.3 Å². The summed E-state index contributed by atoms with van der Waals surface area (Å²) in [6.45, 7) is -0.490. The second-order valence-electron chi connectivity index (χ2n) is 6.72. The highest BCUT2D eigenvalue weighted by Gasteiger charge is 2.38. The van der Waals surface area contributed by atoms with Gasteiger partial charge < -0.3 is 10.4 Å². The molecule has 1 aromatic rings. The molecule has 2 aliphatic rings. The second kappa shape index (κ2) is 6.84. The van der Waals surface area contributed by atoms with E-state index in [1.807, 2.05) is 0 Å². The molecule has 24 heavy (non-hydrogen) atoms. The Kier molecular flexibility index (Phi) is 4.96. The van der Waals surface area contributed by atoms with E-state index in [1.54, 1.807) is 10.7 Å². The Bertz CT molecular complexity index is 636. The zero-order valence-corrected chi connectivity index (χ0v) is 13.4. The van der Waals surface area contributed by atoms with Crippen molar-refractivity contribution < 1.29 is 18.3 Å². The molecule has 0 aromatic carbocycles. The van der Waals surface area contributed by atoms with Crippen LogP contribution in [0.5, 0.6) is 0 Å². The Morgan fingerprint density at radius 1 is 1.29 bits per heavy atom. The summed E-state index contributed by atoms with van der Waals surface area (Å²) in [5, 5.41) is 16.3. The molecule has 0 aliphatic heterocycles. The van der Waals surface area contributed by atoms with Gasteiger partial charge in [0.2, 0.25) is 0 Å². The predicted octanol–water partition coefficient (Wildman–Crippen LogP) is 1.73. The van der Waals surface area contributed by atoms with Crippen LogP contribution in [-0.4, -0.2) is 39.8 Å². The van der Waals surface area contributed by atoms with Gasteiger partial charge in [0.25, 0.3) is 5.56 Å². The van der Waals surface area contributed by atoms with E-state index >= 15 is 0 Å². The van der Waals surface area contributed by atoms with Crippen LogP contribution in [0.15, 0.2) is 10.9 Å². The van der Waals surface area contributed by atoms with Crippen LogP contribution in [0.2, 0.25) is 0 Å². The van der Waals surface area contributed by atoms with Crippen molar-refractivity contribution in [1.82, 2.24) is 15.1 Å². The summed E-state index contributed by atoms with van der Waals surface area (Å²) in [4.78, 5) is 12.2. The van der Waals surface area contributed by atoms with Crippen LogP contribution in [0, 0.1) is 0 Å². The standard InChI is InChI=1S/C16H22F3N3O2/c17-16(18,19)14(23)9-20-11-4-6-12(7-5-11)22-15(24)8-10-2-1-3-13(10)21-22/h8,11-12,14,20,23H,1-7,9H2. The van der Waals surface area contributed by atoms with E-state index < -0.39 is 18.8 Å². The molecule has 0 spiro atoms. The van der Waals surface area contributed by atoms with Gasteiger partial charge in [0.1, 0.15) is 0 Å². The van der Waals surface area contributed by atoms with Gasteiger partial charge in [0, 0.05) is 18.7 Å². The number of nitrogens with one attached hydrogen (secondary N) is 1. The lowest BCUT2D eigenvalue weighted by Crippen LogP contribution is -2.44. The largest absolute Gasteiger partial charge is 0.415 e. The number of aromatic nitrogens is 2. The molecule has 2 N–H and O–H groups in total. The minimum Gasteiger partial charge on any atom is -0.382 e. The van der Waals surface area contributed by atoms with Crippen molar-refractivity contribution in [3.63, 3.8) is 0 Å². The number of alkyl halides is 3. The first kappa shape index (κ1) is 17.4. The van der Waals surface area contributed by atoms with Crippen molar-refractivity contribution >= 4 is 0 Å². The van der Waals surface area contributed by atoms with Crippen LogP contribution in [0.1, 0.15) is 49.4 Å². The molecule has 0 saturated heterocycles. The van der Waals surface area contributed by atoms with Crippen molar-refractivity contribution in [2.24, 2.45) is 0 Å². The molecule has 0 bridgehead atoms. The summed E-state index contributed by atoms with van der Waals surface area (Å²) in [6, 6.07) is 1.62. The SMILES string of the molecule is O=c1cc2c(nn1C1CCC(NCC(O)C(F)(F)F)CC1)CCC2. The molecule has 1 aromatic heterocycles. The number of fused-ring (bicyclic) bond motifs is 1. The first-order valence-corrected chi connectivity index (χ1v) is 8.44. The van der Waals surface area contributed by atoms with E-state index in [9.17, 15) is 18.0 Å². The van der Waals surface area contributed by atoms with Crippen LogP contribution in [-0.2, 0) is 12.8 Å². The van der Waals surface area contributed by atoms with Gasteiger partial charge in [-0.15, -0.1) is 0 Å². The van der Waals surface area contributed by atoms with Crippen LogP contribution >= 0.6 is 0 Å². The fourth-order valence-corrected chi connectivity index (χ4v) is 3.60. The van der Waals surface area contributed by atoms with Crippen molar-refractivity contribution in [3.8, 4) is 0 Å². The maximum atomic E-state index is 12.3. The quantitative estimate of drug-likeness (QED) is 0.872. The number of aryl methyl sites for hydroxylation is 2. The summed E-state index contributed by atoms with van der Waals surface area (Å²) >= 11 is 0. The maximum absolute atomic E-state index is 12.3. The molecule has 5 nitrogen and oxygen atoms in total. The molecule has 2 aliphatic carbocycles. The Balaban J connectivity index is 1.55. The van der Waals surface area contributed by atoms with Gasteiger partial charge in [-0.05, 0) is 50.5 Å². The Labute approximate surface area is 137 Å². The normalized spacial score (nSPS) is 25.5. The lowest BCUT2D eigenvalue weighted by atomic mass is 9.91. The smallest absolute Gasteiger partial charge is 0.382 e. The second-order valence-corrected chi connectivity index (χ2v) is 6.72. The third kappa shape index (κ3) is 3.80. The number of hydrogen-bond acceptors (Lipinski definition) is 4. The van der Waals surface area contributed by atoms with Crippen LogP contribution in [0.3, 0.4) is 0 Å². The van der Waals surface area contributed by atoms with E-state index in [0.717, 1.165) is 30.5 Å². The summed E-state index contributed by atoms with van der Waals surface area (Å²) < 4.78 is 38.5. The minimum absolute atomic E-state index is 0.00832. The highest BCUT2D eigenvalue weighted by atomic mass is 19.4. The summed E-state index contributed by atoms with van der Waals surface area (Å²) in [7, 11) is 0. The van der Waals surface area contributed by atoms with Gasteiger partial charge in [-0.1, -0.05) is 0 Å². The molecule has 1 unspecified atom stereocenters. The number of aliphatic hydroxyl groups excluding tert-OH is 1. The Hall–Kier alpha value is -1.41. The summed E-state index contributed by atoms with van der Waals surface area (Å²) in [6.07, 6.45) is -1.34. The number of hydrogen-bond donors (Lipinski definition) is 2. The van der Waals surface area contributed by atoms with E-state index in [0.29, 0.717) is 25.7 Å². The van der Waals surface area contributed by atoms with Gasteiger partial charge in [-0.25, -0.2) is 4.68 Å². The van der Waals surface area contributed by atoms with Crippen LogP contribution in [0.25, 0.3) is 0 Å². The zero-order chi connectivity index (χ0) is 17.3. The Morgan fingerprint density at radius 2 is 2.00 bits per heavy atom. The van der Waals surface area contributed by atoms with Gasteiger partial charge in [-0.3, -0.25) is 4.79 Å². The summed E-state index contributed by atoms with van der Waals surface area (Å²) in [5.41, 5.74) is 1.97. The first-order chi connectivity index (χ1) is 11.3. The molecule has 0 radical (unpaired) electrons. The van der Waals surface area contributed by atoms with Crippen molar-refractivity contribution in [3.05, 3.63) is 27.7 Å². The molecular formula is C16H22F3N3O2. The maximum Gasteiger partial charge on any atom is 0.415 e. The Morgan fingerprint density at radius 3 is 2.67 bits per heavy atom. The fourth-order valence-electron chi connectivity index (χ4n) is 3.60. The predicted molar refractivity (Wildman–Crippen MR) is 81.9 cm³/mol. The molecule has 1 heterocycles. The molecular weight excluding hydrogens is 323 g/mol. The monoisotopic (exact) mass is 345 g/mol. The molecule has 0 amide bonds. The third-order valence-electron chi connectivity index (χ3n) is 5.00. The number of halogens is 3. The molecule has 1 saturated carbocycles. The highest BCUT2D eigenvalue weighted by molar-refractivity contribution is 5.22. The molecule has 1 fully saturated rings. The topological polar surface area (TPSA) is 67.2 Å². The summed E-state index contributed by atoms with van der Waals surface area (Å²) in [5.74, 6) is 0. The average Bonchev–Trinajstić information content (AvgIpc) is 2.98. The van der Waals surface area contributed by atoms with E-state index in [1.165, 1.54) is 0 Å². The lowest BCUT2D eigenvalue weighted by Gasteiger charge is -2.30. The van der Waals surface area contributed by atoms with Crippen LogP contribution < -0.4 is 10.9 Å². The molecule has 8 heteroatoms. The van der Waals surface area contributed by atoms with Crippen molar-refractivity contribution in [2.75, 3.05) is 6.54 Å². The van der Waals surface area contributed by atoms with Gasteiger partial charge in [0.15, 0.2) is 6.10 Å². The number of nitrogens with zero attached hydrogens (tertiary/aromatic N) is 2. The van der Waals surface area contributed by atoms with Gasteiger partial charge in [0.05, 0.1) is 11.7 Å². The minimum atomic E-state index is -4.59. The molecule has 1 atom stereocenters. The van der Waals surface area contributed by atoms with Crippen molar-refractivity contribution in [1.29, 1.82) is 0 Å². The molecule has 3 rings (SSSR count). The van der Waals surface area contributed by atoms with Crippen molar-refractivity contribution in [2.45, 2.75) is 69.3 Å². The van der Waals surface area contributed by atoms with Crippen LogP contribution in [0.4, 0.5) is 13.2 Å². The average molecular weight is 345 g/mol. The number of rotatable bonds is 4. The third-order valence-corrected chi connectivity index (χ3v) is 5.00. The molecule has 134 valence electrons. The number of aliphatic hydroxyl groups is 1.